The number of carbonyl (C=O) groups is 1. The van der Waals surface area contributed by atoms with Gasteiger partial charge in [-0.25, -0.2) is 4.79 Å². The van der Waals surface area contributed by atoms with E-state index in [4.69, 9.17) is 10.3 Å². The molecule has 1 fully saturated rings. The fourth-order valence-corrected chi connectivity index (χ4v) is 2.49. The van der Waals surface area contributed by atoms with Crippen LogP contribution in [0.5, 0.6) is 0 Å². The van der Waals surface area contributed by atoms with Crippen molar-refractivity contribution in [1.82, 2.24) is 5.32 Å². The second-order valence-corrected chi connectivity index (χ2v) is 6.57. The Labute approximate surface area is 136 Å². The van der Waals surface area contributed by atoms with Gasteiger partial charge in [-0.3, -0.25) is 0 Å². The van der Waals surface area contributed by atoms with E-state index < -0.39 is 11.6 Å². The van der Waals surface area contributed by atoms with Crippen LogP contribution in [0.4, 0.5) is 11.4 Å². The van der Waals surface area contributed by atoms with E-state index >= 15 is 0 Å². The van der Waals surface area contributed by atoms with Gasteiger partial charge in [-0.1, -0.05) is 5.11 Å². The third-order valence-electron chi connectivity index (χ3n) is 3.62. The predicted molar refractivity (Wildman–Crippen MR) is 90.2 cm³/mol. The summed E-state index contributed by atoms with van der Waals surface area (Å²) in [7, 11) is 0. The number of rotatable bonds is 3. The lowest BCUT2D eigenvalue weighted by Crippen LogP contribution is -2.43. The average molecular weight is 317 g/mol. The number of piperazine rings is 1. The van der Waals surface area contributed by atoms with Crippen LogP contribution in [-0.2, 0) is 4.74 Å². The van der Waals surface area contributed by atoms with E-state index in [0.29, 0.717) is 16.8 Å². The van der Waals surface area contributed by atoms with Crippen molar-refractivity contribution in [3.63, 3.8) is 0 Å². The molecule has 0 aliphatic carbocycles. The highest BCUT2D eigenvalue weighted by Crippen LogP contribution is 2.31. The summed E-state index contributed by atoms with van der Waals surface area (Å²) in [5, 5.41) is 7.02. The molecule has 0 amide bonds. The monoisotopic (exact) mass is 317 g/mol. The van der Waals surface area contributed by atoms with Crippen LogP contribution in [0.2, 0.25) is 0 Å². The van der Waals surface area contributed by atoms with Crippen molar-refractivity contribution in [2.75, 3.05) is 31.1 Å². The van der Waals surface area contributed by atoms with Crippen LogP contribution in [-0.4, -0.2) is 37.7 Å². The number of carbonyl (C=O) groups excluding carboxylic acids is 1. The van der Waals surface area contributed by atoms with Crippen LogP contribution >= 0.6 is 0 Å². The Balaban J connectivity index is 2.45. The second kappa shape index (κ2) is 6.89. The van der Waals surface area contributed by atoms with E-state index in [1.807, 2.05) is 32.9 Å². The minimum atomic E-state index is -0.576. The van der Waals surface area contributed by atoms with Crippen molar-refractivity contribution in [3.05, 3.63) is 33.7 Å². The fourth-order valence-electron chi connectivity index (χ4n) is 2.49. The molecule has 1 N–H and O–H groups in total. The molecule has 0 bridgehead atoms. The molecule has 7 heteroatoms. The third kappa shape index (κ3) is 4.37. The number of azide groups is 1. The lowest BCUT2D eigenvalue weighted by Gasteiger charge is -2.30. The van der Waals surface area contributed by atoms with Crippen molar-refractivity contribution < 1.29 is 9.53 Å². The molecule has 0 spiro atoms. The van der Waals surface area contributed by atoms with Crippen LogP contribution in [0.3, 0.4) is 0 Å². The van der Waals surface area contributed by atoms with Gasteiger partial charge in [0.2, 0.25) is 0 Å². The van der Waals surface area contributed by atoms with Gasteiger partial charge >= 0.3 is 5.97 Å². The molecule has 1 aromatic carbocycles. The molecule has 0 unspecified atom stereocenters. The quantitative estimate of drug-likeness (QED) is 0.401. The van der Waals surface area contributed by atoms with Crippen LogP contribution < -0.4 is 10.2 Å². The molecule has 0 radical (unpaired) electrons. The molecule has 1 aliphatic heterocycles. The van der Waals surface area contributed by atoms with Crippen LogP contribution in [0.15, 0.2) is 17.2 Å². The molecule has 1 aliphatic rings. The Hall–Kier alpha value is -2.24. The first kappa shape index (κ1) is 17.1. The van der Waals surface area contributed by atoms with E-state index in [-0.39, 0.29) is 0 Å². The first-order valence-electron chi connectivity index (χ1n) is 7.70. The molecule has 0 saturated carbocycles. The average Bonchev–Trinajstić information content (AvgIpc) is 2.48. The fraction of sp³-hybridized carbons (Fsp3) is 0.562. The van der Waals surface area contributed by atoms with Gasteiger partial charge in [-0.15, -0.1) is 0 Å². The molecule has 1 heterocycles. The zero-order valence-corrected chi connectivity index (χ0v) is 14.1. The minimum Gasteiger partial charge on any atom is -0.456 e. The first-order chi connectivity index (χ1) is 10.8. The molecule has 7 nitrogen and oxygen atoms in total. The van der Waals surface area contributed by atoms with E-state index in [0.717, 1.165) is 31.9 Å². The molecule has 0 aromatic heterocycles. The maximum absolute atomic E-state index is 12.5. The summed E-state index contributed by atoms with van der Waals surface area (Å²) >= 11 is 0. The Morgan fingerprint density at radius 1 is 1.35 bits per heavy atom. The summed E-state index contributed by atoms with van der Waals surface area (Å²) in [5.74, 6) is -0.402. The lowest BCUT2D eigenvalue weighted by molar-refractivity contribution is 0.00688. The molecule has 1 aromatic rings. The SMILES string of the molecule is Cc1c(N=[N+]=[N-])cc(N2CCNCC2)cc1C(=O)OC(C)(C)C. The van der Waals surface area contributed by atoms with Crippen LogP contribution in [0.1, 0.15) is 36.7 Å². The number of nitrogens with zero attached hydrogens (tertiary/aromatic N) is 4. The number of benzene rings is 1. The normalized spacial score (nSPS) is 15.0. The van der Waals surface area contributed by atoms with Crippen LogP contribution in [0, 0.1) is 6.92 Å². The first-order valence-corrected chi connectivity index (χ1v) is 7.70. The maximum atomic E-state index is 12.5. The smallest absolute Gasteiger partial charge is 0.339 e. The minimum absolute atomic E-state index is 0.402. The van der Waals surface area contributed by atoms with Gasteiger partial charge in [0.25, 0.3) is 0 Å². The van der Waals surface area contributed by atoms with Gasteiger partial charge in [-0.2, -0.15) is 0 Å². The van der Waals surface area contributed by atoms with Gasteiger partial charge in [0, 0.05) is 42.5 Å². The van der Waals surface area contributed by atoms with E-state index in [1.165, 1.54) is 0 Å². The second-order valence-electron chi connectivity index (χ2n) is 6.57. The molecule has 124 valence electrons. The number of esters is 1. The van der Waals surface area contributed by atoms with Gasteiger partial charge in [0.15, 0.2) is 0 Å². The molecular weight excluding hydrogens is 294 g/mol. The van der Waals surface area contributed by atoms with Gasteiger partial charge in [0.05, 0.1) is 5.56 Å². The van der Waals surface area contributed by atoms with Crippen molar-refractivity contribution >= 4 is 17.3 Å². The Bertz CT molecular complexity index is 639. The highest BCUT2D eigenvalue weighted by Gasteiger charge is 2.22. The van der Waals surface area contributed by atoms with E-state index in [1.54, 1.807) is 6.92 Å². The molecule has 1 saturated heterocycles. The summed E-state index contributed by atoms with van der Waals surface area (Å²) in [4.78, 5) is 17.5. The predicted octanol–water partition coefficient (Wildman–Crippen LogP) is 3.30. The van der Waals surface area contributed by atoms with Gasteiger partial charge < -0.3 is 15.0 Å². The van der Waals surface area contributed by atoms with Crippen molar-refractivity contribution in [1.29, 1.82) is 0 Å². The topological polar surface area (TPSA) is 90.3 Å². The number of hydrogen-bond donors (Lipinski definition) is 1. The number of hydrogen-bond acceptors (Lipinski definition) is 5. The molecule has 23 heavy (non-hydrogen) atoms. The summed E-state index contributed by atoms with van der Waals surface area (Å²) in [6.45, 7) is 10.7. The van der Waals surface area contributed by atoms with E-state index in [2.05, 4.69) is 20.2 Å². The Morgan fingerprint density at radius 2 is 2.00 bits per heavy atom. The van der Waals surface area contributed by atoms with E-state index in [9.17, 15) is 4.79 Å². The highest BCUT2D eigenvalue weighted by atomic mass is 16.6. The summed E-state index contributed by atoms with van der Waals surface area (Å²) < 4.78 is 5.48. The molecule has 2 rings (SSSR count). The Kier molecular flexibility index (Phi) is 5.13. The molecule has 0 atom stereocenters. The summed E-state index contributed by atoms with van der Waals surface area (Å²) in [6.07, 6.45) is 0. The van der Waals surface area contributed by atoms with Crippen molar-refractivity contribution in [2.45, 2.75) is 33.3 Å². The third-order valence-corrected chi connectivity index (χ3v) is 3.62. The number of nitrogens with one attached hydrogen (secondary N) is 1. The standard InChI is InChI=1S/C16H23N5O2/c1-11-13(15(22)23-16(2,3)4)9-12(10-14(11)19-20-17)21-7-5-18-6-8-21/h9-10,18H,5-8H2,1-4H3. The van der Waals surface area contributed by atoms with Crippen LogP contribution in [0.25, 0.3) is 10.4 Å². The lowest BCUT2D eigenvalue weighted by atomic mass is 10.0. The number of ether oxygens (including phenoxy) is 1. The summed E-state index contributed by atoms with van der Waals surface area (Å²) in [6, 6.07) is 3.65. The highest BCUT2D eigenvalue weighted by molar-refractivity contribution is 5.94. The molecular formula is C16H23N5O2. The zero-order chi connectivity index (χ0) is 17.0. The van der Waals surface area contributed by atoms with Crippen molar-refractivity contribution in [3.8, 4) is 0 Å². The number of anilines is 1. The summed E-state index contributed by atoms with van der Waals surface area (Å²) in [5.41, 5.74) is 10.6. The Morgan fingerprint density at radius 3 is 2.57 bits per heavy atom. The maximum Gasteiger partial charge on any atom is 0.339 e. The van der Waals surface area contributed by atoms with Gasteiger partial charge in [-0.05, 0) is 50.9 Å². The zero-order valence-electron chi connectivity index (χ0n) is 14.1. The van der Waals surface area contributed by atoms with Gasteiger partial charge in [0.1, 0.15) is 5.60 Å². The van der Waals surface area contributed by atoms with Crippen molar-refractivity contribution in [2.24, 2.45) is 5.11 Å². The largest absolute Gasteiger partial charge is 0.456 e.